The summed E-state index contributed by atoms with van der Waals surface area (Å²) in [7, 11) is 0. The van der Waals surface area contributed by atoms with E-state index in [1.165, 1.54) is 0 Å². The number of hydrogen-bond donors (Lipinski definition) is 2. The summed E-state index contributed by atoms with van der Waals surface area (Å²) < 4.78 is 3.80. The Bertz CT molecular complexity index is 1970. The number of halogens is 3. The Morgan fingerprint density at radius 2 is 1.66 bits per heavy atom. The van der Waals surface area contributed by atoms with Crippen LogP contribution in [0.25, 0.3) is 33.8 Å². The highest BCUT2D eigenvalue weighted by Gasteiger charge is 2.24. The van der Waals surface area contributed by atoms with Crippen molar-refractivity contribution in [3.63, 3.8) is 0 Å². The number of benzene rings is 3. The van der Waals surface area contributed by atoms with Crippen LogP contribution in [0, 0.1) is 13.8 Å². The molecule has 3 N–H and O–H groups in total. The van der Waals surface area contributed by atoms with Gasteiger partial charge < -0.3 is 10.8 Å². The molecule has 0 aliphatic heterocycles. The molecule has 0 spiro atoms. The Morgan fingerprint density at radius 3 is 2.39 bits per heavy atom. The molecule has 6 rings (SSSR count). The van der Waals surface area contributed by atoms with Crippen LogP contribution in [-0.4, -0.2) is 29.5 Å². The number of azo groups is 1. The number of phenols is 1. The first-order chi connectivity index (χ1) is 19.7. The van der Waals surface area contributed by atoms with Gasteiger partial charge >= 0.3 is 0 Å². The molecule has 0 saturated carbocycles. The molecule has 0 amide bonds. The largest absolute Gasteiger partial charge is 0.506 e. The molecule has 204 valence electrons. The van der Waals surface area contributed by atoms with Crippen molar-refractivity contribution in [1.82, 2.24) is 24.4 Å². The maximum absolute atomic E-state index is 11.0. The van der Waals surface area contributed by atoms with Crippen LogP contribution in [0.15, 0.2) is 87.5 Å². The van der Waals surface area contributed by atoms with Crippen LogP contribution < -0.4 is 5.73 Å². The molecule has 0 aliphatic carbocycles. The number of nitrogens with zero attached hydrogens (tertiary/aromatic N) is 7. The third kappa shape index (κ3) is 4.84. The molecule has 12 heteroatoms. The zero-order valence-corrected chi connectivity index (χ0v) is 24.8. The van der Waals surface area contributed by atoms with Gasteiger partial charge in [-0.15, -0.1) is 10.2 Å². The minimum Gasteiger partial charge on any atom is -0.506 e. The number of rotatable bonds is 5. The number of phenolic OH excluding ortho intramolecular Hbond substituents is 1. The predicted molar refractivity (Wildman–Crippen MR) is 165 cm³/mol. The standard InChI is InChI=1S/C29H21BrCl2N8O/c1-15-8-13-20(26(41)24(15)30)21-14-22(23-16(2)37-39(27(23)32)19-6-4-3-5-7-19)40-29(34-21)25(28(33)38-40)36-35-18-11-9-17(31)10-12-18/h3-14,41H,1-2H3,(H2,33,38). The summed E-state index contributed by atoms with van der Waals surface area (Å²) in [5.74, 6) is 0.166. The van der Waals surface area contributed by atoms with Gasteiger partial charge in [0.25, 0.3) is 0 Å². The van der Waals surface area contributed by atoms with Gasteiger partial charge in [0, 0.05) is 10.6 Å². The SMILES string of the molecule is Cc1ccc(-c2cc(-c3c(C)nn(-c4ccccc4)c3Cl)n3nc(N)c(N=Nc4ccc(Cl)cc4)c3n2)c(O)c1Br. The van der Waals surface area contributed by atoms with Crippen molar-refractivity contribution in [2.45, 2.75) is 13.8 Å². The molecule has 0 aliphatic rings. The molecule has 0 saturated heterocycles. The smallest absolute Gasteiger partial charge is 0.186 e. The predicted octanol–water partition coefficient (Wildman–Crippen LogP) is 8.64. The highest BCUT2D eigenvalue weighted by atomic mass is 79.9. The Hall–Kier alpha value is -4.25. The van der Waals surface area contributed by atoms with E-state index in [0.717, 1.165) is 11.3 Å². The van der Waals surface area contributed by atoms with Crippen molar-refractivity contribution < 1.29 is 5.11 Å². The second-order valence-electron chi connectivity index (χ2n) is 9.26. The van der Waals surface area contributed by atoms with E-state index in [1.54, 1.807) is 45.6 Å². The molecule has 3 aromatic heterocycles. The lowest BCUT2D eigenvalue weighted by Gasteiger charge is -2.12. The monoisotopic (exact) mass is 646 g/mol. The van der Waals surface area contributed by atoms with Gasteiger partial charge in [0.1, 0.15) is 10.9 Å². The van der Waals surface area contributed by atoms with Crippen LogP contribution in [0.3, 0.4) is 0 Å². The van der Waals surface area contributed by atoms with E-state index >= 15 is 0 Å². The molecule has 0 fully saturated rings. The molecule has 3 heterocycles. The van der Waals surface area contributed by atoms with E-state index in [0.29, 0.717) is 54.2 Å². The molecular weight excluding hydrogens is 627 g/mol. The lowest BCUT2D eigenvalue weighted by atomic mass is 10.1. The number of hydrogen-bond acceptors (Lipinski definition) is 7. The maximum Gasteiger partial charge on any atom is 0.186 e. The van der Waals surface area contributed by atoms with Crippen LogP contribution in [0.5, 0.6) is 5.75 Å². The molecule has 0 unspecified atom stereocenters. The number of nitrogen functional groups attached to an aromatic ring is 1. The van der Waals surface area contributed by atoms with Crippen molar-refractivity contribution in [2.24, 2.45) is 10.2 Å². The summed E-state index contributed by atoms with van der Waals surface area (Å²) in [6, 6.07) is 22.0. The summed E-state index contributed by atoms with van der Waals surface area (Å²) in [5.41, 5.74) is 12.0. The second kappa shape index (κ2) is 10.6. The van der Waals surface area contributed by atoms with Crippen molar-refractivity contribution in [3.05, 3.63) is 98.7 Å². The van der Waals surface area contributed by atoms with Crippen LogP contribution in [-0.2, 0) is 0 Å². The number of aromatic hydroxyl groups is 1. The normalized spacial score (nSPS) is 11.6. The minimum absolute atomic E-state index is 0.0485. The topological polar surface area (TPSA) is 119 Å². The number of fused-ring (bicyclic) bond motifs is 1. The number of aromatic nitrogens is 5. The third-order valence-corrected chi connectivity index (χ3v) is 8.13. The van der Waals surface area contributed by atoms with Gasteiger partial charge in [-0.25, -0.2) is 14.2 Å². The number of nitrogens with two attached hydrogens (primary N) is 1. The zero-order valence-electron chi connectivity index (χ0n) is 21.7. The Balaban J connectivity index is 1.62. The molecule has 3 aromatic carbocycles. The lowest BCUT2D eigenvalue weighted by molar-refractivity contribution is 0.473. The number of para-hydroxylation sites is 1. The summed E-state index contributed by atoms with van der Waals surface area (Å²) in [4.78, 5) is 4.83. The van der Waals surface area contributed by atoms with E-state index in [4.69, 9.17) is 39.0 Å². The van der Waals surface area contributed by atoms with Gasteiger partial charge in [-0.2, -0.15) is 10.2 Å². The Morgan fingerprint density at radius 1 is 0.927 bits per heavy atom. The average Bonchev–Trinajstić information content (AvgIpc) is 3.45. The molecule has 9 nitrogen and oxygen atoms in total. The maximum atomic E-state index is 11.0. The molecule has 0 atom stereocenters. The van der Waals surface area contributed by atoms with E-state index in [9.17, 15) is 5.11 Å². The fourth-order valence-electron chi connectivity index (χ4n) is 4.45. The summed E-state index contributed by atoms with van der Waals surface area (Å²) in [5, 5.41) is 30.0. The van der Waals surface area contributed by atoms with E-state index in [2.05, 4.69) is 31.3 Å². The number of aryl methyl sites for hydroxylation is 2. The Labute approximate surface area is 253 Å². The van der Waals surface area contributed by atoms with Crippen LogP contribution in [0.1, 0.15) is 11.3 Å². The number of anilines is 1. The first-order valence-electron chi connectivity index (χ1n) is 12.4. The van der Waals surface area contributed by atoms with Crippen molar-refractivity contribution in [2.75, 3.05) is 5.73 Å². The minimum atomic E-state index is 0.0485. The molecule has 41 heavy (non-hydrogen) atoms. The third-order valence-electron chi connectivity index (χ3n) is 6.53. The van der Waals surface area contributed by atoms with E-state index in [1.807, 2.05) is 50.2 Å². The summed E-state index contributed by atoms with van der Waals surface area (Å²) in [6.45, 7) is 3.75. The van der Waals surface area contributed by atoms with Crippen LogP contribution in [0.4, 0.5) is 17.2 Å². The average molecular weight is 648 g/mol. The highest BCUT2D eigenvalue weighted by molar-refractivity contribution is 9.10. The van der Waals surface area contributed by atoms with Crippen molar-refractivity contribution in [3.8, 4) is 34.0 Å². The fourth-order valence-corrected chi connectivity index (χ4v) is 5.29. The summed E-state index contributed by atoms with van der Waals surface area (Å²) in [6.07, 6.45) is 0. The lowest BCUT2D eigenvalue weighted by Crippen LogP contribution is -2.00. The van der Waals surface area contributed by atoms with E-state index < -0.39 is 0 Å². The van der Waals surface area contributed by atoms with Gasteiger partial charge in [0.15, 0.2) is 17.2 Å². The van der Waals surface area contributed by atoms with Crippen LogP contribution >= 0.6 is 39.1 Å². The fraction of sp³-hybridized carbons (Fsp3) is 0.0690. The van der Waals surface area contributed by atoms with Crippen LogP contribution in [0.2, 0.25) is 10.2 Å². The zero-order chi connectivity index (χ0) is 28.8. The Kier molecular flexibility index (Phi) is 6.98. The highest BCUT2D eigenvalue weighted by Crippen LogP contribution is 2.42. The van der Waals surface area contributed by atoms with Crippen molar-refractivity contribution in [1.29, 1.82) is 0 Å². The molecule has 6 aromatic rings. The first kappa shape index (κ1) is 26.9. The quantitative estimate of drug-likeness (QED) is 0.182. The molecule has 0 bridgehead atoms. The van der Waals surface area contributed by atoms with Gasteiger partial charge in [-0.05, 0) is 83.9 Å². The van der Waals surface area contributed by atoms with E-state index in [-0.39, 0.29) is 17.3 Å². The molecular formula is C29H21BrCl2N8O. The van der Waals surface area contributed by atoms with Crippen molar-refractivity contribution >= 4 is 62.0 Å². The molecule has 0 radical (unpaired) electrons. The summed E-state index contributed by atoms with van der Waals surface area (Å²) >= 11 is 16.5. The first-order valence-corrected chi connectivity index (χ1v) is 13.9. The second-order valence-corrected chi connectivity index (χ2v) is 10.9. The van der Waals surface area contributed by atoms with Gasteiger partial charge in [0.05, 0.1) is 38.5 Å². The van der Waals surface area contributed by atoms with Gasteiger partial charge in [0.2, 0.25) is 0 Å². The van der Waals surface area contributed by atoms with Gasteiger partial charge in [-0.3, -0.25) is 0 Å². The van der Waals surface area contributed by atoms with Gasteiger partial charge in [-0.1, -0.05) is 47.5 Å².